The van der Waals surface area contributed by atoms with Crippen molar-refractivity contribution in [1.29, 1.82) is 0 Å². The first kappa shape index (κ1) is 15.2. The van der Waals surface area contributed by atoms with Gasteiger partial charge in [-0.05, 0) is 25.1 Å². The number of nitrogens with zero attached hydrogens (tertiary/aromatic N) is 1. The van der Waals surface area contributed by atoms with Crippen LogP contribution in [0.5, 0.6) is 5.88 Å². The molecule has 0 saturated heterocycles. The van der Waals surface area contributed by atoms with Crippen molar-refractivity contribution < 1.29 is 9.47 Å². The molecule has 0 fully saturated rings. The van der Waals surface area contributed by atoms with Crippen LogP contribution in [0.15, 0.2) is 12.3 Å². The molecule has 0 aliphatic rings. The summed E-state index contributed by atoms with van der Waals surface area (Å²) in [5.74, 6) is 0.468. The van der Waals surface area contributed by atoms with Crippen LogP contribution >= 0.6 is 11.6 Å². The van der Waals surface area contributed by atoms with Crippen LogP contribution in [0.1, 0.15) is 25.3 Å². The first-order chi connectivity index (χ1) is 8.77. The fourth-order valence-electron chi connectivity index (χ4n) is 1.42. The van der Waals surface area contributed by atoms with E-state index >= 15 is 0 Å². The van der Waals surface area contributed by atoms with E-state index in [0.29, 0.717) is 24.1 Å². The molecule has 1 heterocycles. The second-order valence-electron chi connectivity index (χ2n) is 3.98. The Bertz CT molecular complexity index is 348. The number of halogens is 1. The molecule has 0 bridgehead atoms. The SMILES string of the molecule is CCCCOCCOc1ncc(CNC)cc1Cl. The number of rotatable bonds is 9. The number of hydrogen-bond donors (Lipinski definition) is 1. The van der Waals surface area contributed by atoms with E-state index in [2.05, 4.69) is 17.2 Å². The van der Waals surface area contributed by atoms with Crippen LogP contribution in [0, 0.1) is 0 Å². The van der Waals surface area contributed by atoms with Crippen LogP contribution in [0.2, 0.25) is 5.02 Å². The lowest BCUT2D eigenvalue weighted by Gasteiger charge is -2.08. The summed E-state index contributed by atoms with van der Waals surface area (Å²) in [5, 5.41) is 3.58. The molecule has 102 valence electrons. The number of pyridine rings is 1. The number of aromatic nitrogens is 1. The molecule has 1 rings (SSSR count). The summed E-state index contributed by atoms with van der Waals surface area (Å²) in [6.07, 6.45) is 3.98. The molecule has 4 nitrogen and oxygen atoms in total. The summed E-state index contributed by atoms with van der Waals surface area (Å²) in [7, 11) is 1.88. The molecule has 0 amide bonds. The van der Waals surface area contributed by atoms with Gasteiger partial charge in [0.2, 0.25) is 5.88 Å². The maximum atomic E-state index is 6.07. The van der Waals surface area contributed by atoms with E-state index in [1.165, 1.54) is 0 Å². The predicted octanol–water partition coefficient (Wildman–Crippen LogP) is 2.65. The van der Waals surface area contributed by atoms with Crippen LogP contribution in [-0.2, 0) is 11.3 Å². The quantitative estimate of drug-likeness (QED) is 0.702. The summed E-state index contributed by atoms with van der Waals surface area (Å²) in [6.45, 7) is 4.70. The van der Waals surface area contributed by atoms with Crippen molar-refractivity contribution >= 4 is 11.6 Å². The van der Waals surface area contributed by atoms with Crippen LogP contribution < -0.4 is 10.1 Å². The fourth-order valence-corrected chi connectivity index (χ4v) is 1.66. The monoisotopic (exact) mass is 272 g/mol. The van der Waals surface area contributed by atoms with E-state index in [1.54, 1.807) is 6.20 Å². The second-order valence-corrected chi connectivity index (χ2v) is 4.38. The average Bonchev–Trinajstić information content (AvgIpc) is 2.36. The van der Waals surface area contributed by atoms with Gasteiger partial charge in [0, 0.05) is 19.3 Å². The predicted molar refractivity (Wildman–Crippen MR) is 73.2 cm³/mol. The molecule has 1 aromatic rings. The minimum Gasteiger partial charge on any atom is -0.474 e. The number of ether oxygens (including phenoxy) is 2. The lowest BCUT2D eigenvalue weighted by Crippen LogP contribution is -2.09. The van der Waals surface area contributed by atoms with Crippen molar-refractivity contribution in [2.24, 2.45) is 0 Å². The standard InChI is InChI=1S/C13H21ClN2O2/c1-3-4-5-17-6-7-18-13-12(14)8-11(9-15-2)10-16-13/h8,10,15H,3-7,9H2,1-2H3. The topological polar surface area (TPSA) is 43.4 Å². The summed E-state index contributed by atoms with van der Waals surface area (Å²) in [6, 6.07) is 1.86. The van der Waals surface area contributed by atoms with Crippen molar-refractivity contribution in [1.82, 2.24) is 10.3 Å². The molecular formula is C13H21ClN2O2. The lowest BCUT2D eigenvalue weighted by molar-refractivity contribution is 0.0965. The Hall–Kier alpha value is -0.840. The minimum absolute atomic E-state index is 0.468. The summed E-state index contributed by atoms with van der Waals surface area (Å²) in [5.41, 5.74) is 1.04. The molecule has 0 aromatic carbocycles. The molecule has 1 N–H and O–H groups in total. The van der Waals surface area contributed by atoms with Gasteiger partial charge in [-0.25, -0.2) is 4.98 Å². The Kier molecular flexibility index (Phi) is 7.73. The highest BCUT2D eigenvalue weighted by Crippen LogP contribution is 2.22. The fraction of sp³-hybridized carbons (Fsp3) is 0.615. The lowest BCUT2D eigenvalue weighted by atomic mass is 10.3. The number of unbranched alkanes of at least 4 members (excludes halogenated alkanes) is 1. The smallest absolute Gasteiger partial charge is 0.232 e. The van der Waals surface area contributed by atoms with E-state index in [4.69, 9.17) is 21.1 Å². The Balaban J connectivity index is 2.29. The maximum Gasteiger partial charge on any atom is 0.232 e. The third-order valence-corrected chi connectivity index (χ3v) is 2.62. The van der Waals surface area contributed by atoms with Crippen molar-refractivity contribution in [3.05, 3.63) is 22.8 Å². The first-order valence-corrected chi connectivity index (χ1v) is 6.65. The van der Waals surface area contributed by atoms with Crippen LogP contribution in [0.3, 0.4) is 0 Å². The van der Waals surface area contributed by atoms with Crippen molar-refractivity contribution in [2.45, 2.75) is 26.3 Å². The molecule has 0 aliphatic carbocycles. The van der Waals surface area contributed by atoms with Crippen LogP contribution in [0.25, 0.3) is 0 Å². The van der Waals surface area contributed by atoms with Gasteiger partial charge in [-0.15, -0.1) is 0 Å². The molecule has 0 unspecified atom stereocenters. The molecule has 0 radical (unpaired) electrons. The zero-order valence-corrected chi connectivity index (χ0v) is 11.8. The third-order valence-electron chi connectivity index (χ3n) is 2.35. The highest BCUT2D eigenvalue weighted by Gasteiger charge is 2.04. The molecule has 0 atom stereocenters. The van der Waals surface area contributed by atoms with Gasteiger partial charge >= 0.3 is 0 Å². The number of hydrogen-bond acceptors (Lipinski definition) is 4. The first-order valence-electron chi connectivity index (χ1n) is 6.27. The molecule has 18 heavy (non-hydrogen) atoms. The Morgan fingerprint density at radius 1 is 1.33 bits per heavy atom. The molecule has 0 spiro atoms. The largest absolute Gasteiger partial charge is 0.474 e. The molecule has 5 heteroatoms. The van der Waals surface area contributed by atoms with Crippen molar-refractivity contribution in [2.75, 3.05) is 26.9 Å². The van der Waals surface area contributed by atoms with Crippen molar-refractivity contribution in [3.63, 3.8) is 0 Å². The summed E-state index contributed by atoms with van der Waals surface area (Å²) in [4.78, 5) is 4.18. The Morgan fingerprint density at radius 2 is 2.17 bits per heavy atom. The third kappa shape index (κ3) is 5.67. The average molecular weight is 273 g/mol. The van der Waals surface area contributed by atoms with Gasteiger partial charge in [-0.3, -0.25) is 0 Å². The normalized spacial score (nSPS) is 10.6. The van der Waals surface area contributed by atoms with E-state index in [1.807, 2.05) is 13.1 Å². The van der Waals surface area contributed by atoms with Gasteiger partial charge in [0.15, 0.2) is 0 Å². The maximum absolute atomic E-state index is 6.07. The van der Waals surface area contributed by atoms with Gasteiger partial charge in [-0.1, -0.05) is 24.9 Å². The van der Waals surface area contributed by atoms with E-state index in [0.717, 1.165) is 31.6 Å². The zero-order chi connectivity index (χ0) is 13.2. The van der Waals surface area contributed by atoms with Crippen LogP contribution in [-0.4, -0.2) is 31.9 Å². The van der Waals surface area contributed by atoms with Gasteiger partial charge in [0.1, 0.15) is 11.6 Å². The molecule has 0 aliphatic heterocycles. The summed E-state index contributed by atoms with van der Waals surface area (Å²) < 4.78 is 10.9. The van der Waals surface area contributed by atoms with Gasteiger partial charge in [0.05, 0.1) is 6.61 Å². The Labute approximate surface area is 114 Å². The Morgan fingerprint density at radius 3 is 2.83 bits per heavy atom. The number of nitrogens with one attached hydrogen (secondary N) is 1. The molecule has 0 saturated carbocycles. The second kappa shape index (κ2) is 9.14. The minimum atomic E-state index is 0.468. The highest BCUT2D eigenvalue weighted by molar-refractivity contribution is 6.31. The summed E-state index contributed by atoms with van der Waals surface area (Å²) >= 11 is 6.07. The van der Waals surface area contributed by atoms with E-state index in [-0.39, 0.29) is 0 Å². The van der Waals surface area contributed by atoms with Crippen LogP contribution in [0.4, 0.5) is 0 Å². The van der Waals surface area contributed by atoms with Gasteiger partial charge in [-0.2, -0.15) is 0 Å². The molecule has 1 aromatic heterocycles. The van der Waals surface area contributed by atoms with E-state index in [9.17, 15) is 0 Å². The van der Waals surface area contributed by atoms with Crippen molar-refractivity contribution in [3.8, 4) is 5.88 Å². The van der Waals surface area contributed by atoms with E-state index < -0.39 is 0 Å². The van der Waals surface area contributed by atoms with Gasteiger partial charge < -0.3 is 14.8 Å². The highest BCUT2D eigenvalue weighted by atomic mass is 35.5. The zero-order valence-electron chi connectivity index (χ0n) is 11.0. The molecular weight excluding hydrogens is 252 g/mol. The van der Waals surface area contributed by atoms with Gasteiger partial charge in [0.25, 0.3) is 0 Å².